The van der Waals surface area contributed by atoms with Crippen LogP contribution in [0.15, 0.2) is 12.1 Å². The molecule has 0 saturated heterocycles. The molecule has 0 N–H and O–H groups in total. The number of hydrogen-bond acceptors (Lipinski definition) is 1. The van der Waals surface area contributed by atoms with Crippen LogP contribution in [0.1, 0.15) is 22.3 Å². The standard InChI is InChI=1S/C12H19N/c1-9-6-7-12(8-13(4)5)11(3)10(9)2/h6-7H,8H2,1-5H3. The normalized spacial score (nSPS) is 10.9. The third kappa shape index (κ3) is 2.31. The van der Waals surface area contributed by atoms with Gasteiger partial charge in [-0.2, -0.15) is 0 Å². The van der Waals surface area contributed by atoms with Gasteiger partial charge in [-0.3, -0.25) is 0 Å². The van der Waals surface area contributed by atoms with Gasteiger partial charge < -0.3 is 4.90 Å². The van der Waals surface area contributed by atoms with Gasteiger partial charge in [0, 0.05) is 6.54 Å². The molecule has 0 atom stereocenters. The van der Waals surface area contributed by atoms with Crippen molar-refractivity contribution < 1.29 is 0 Å². The molecule has 0 amide bonds. The molecule has 1 aromatic carbocycles. The maximum atomic E-state index is 2.23. The van der Waals surface area contributed by atoms with Gasteiger partial charge in [0.1, 0.15) is 0 Å². The summed E-state index contributed by atoms with van der Waals surface area (Å²) in [6, 6.07) is 4.44. The van der Waals surface area contributed by atoms with Gasteiger partial charge >= 0.3 is 0 Å². The minimum absolute atomic E-state index is 1.03. The van der Waals surface area contributed by atoms with Gasteiger partial charge in [-0.1, -0.05) is 12.1 Å². The largest absolute Gasteiger partial charge is 0.305 e. The number of hydrogen-bond donors (Lipinski definition) is 0. The summed E-state index contributed by atoms with van der Waals surface area (Å²) in [6.45, 7) is 7.61. The first-order valence-corrected chi connectivity index (χ1v) is 4.72. The highest BCUT2D eigenvalue weighted by atomic mass is 15.0. The van der Waals surface area contributed by atoms with E-state index in [-0.39, 0.29) is 0 Å². The Labute approximate surface area is 81.4 Å². The average Bonchev–Trinajstić information content (AvgIpc) is 2.06. The van der Waals surface area contributed by atoms with Crippen molar-refractivity contribution in [3.8, 4) is 0 Å². The molecule has 0 aliphatic carbocycles. The molecule has 13 heavy (non-hydrogen) atoms. The first-order chi connectivity index (χ1) is 6.02. The SMILES string of the molecule is Cc1ccc(CN(C)C)c(C)c1C. The zero-order valence-electron chi connectivity index (χ0n) is 9.31. The number of benzene rings is 1. The molecule has 0 radical (unpaired) electrons. The highest BCUT2D eigenvalue weighted by molar-refractivity contribution is 5.38. The van der Waals surface area contributed by atoms with Crippen molar-refractivity contribution in [2.75, 3.05) is 14.1 Å². The van der Waals surface area contributed by atoms with Gasteiger partial charge in [-0.25, -0.2) is 0 Å². The van der Waals surface area contributed by atoms with E-state index in [0.29, 0.717) is 0 Å². The predicted molar refractivity (Wildman–Crippen MR) is 58.0 cm³/mol. The summed E-state index contributed by atoms with van der Waals surface area (Å²) in [7, 11) is 4.21. The summed E-state index contributed by atoms with van der Waals surface area (Å²) in [4.78, 5) is 2.21. The zero-order valence-corrected chi connectivity index (χ0v) is 9.31. The molecule has 1 heteroatoms. The maximum Gasteiger partial charge on any atom is 0.0230 e. The highest BCUT2D eigenvalue weighted by Gasteiger charge is 2.03. The van der Waals surface area contributed by atoms with E-state index in [1.54, 1.807) is 0 Å². The van der Waals surface area contributed by atoms with Crippen molar-refractivity contribution in [1.82, 2.24) is 4.90 Å². The van der Waals surface area contributed by atoms with Crippen LogP contribution in [0, 0.1) is 20.8 Å². The molecule has 0 saturated carbocycles. The first-order valence-electron chi connectivity index (χ1n) is 4.72. The third-order valence-electron chi connectivity index (χ3n) is 2.66. The van der Waals surface area contributed by atoms with E-state index >= 15 is 0 Å². The molecular formula is C12H19N. The average molecular weight is 177 g/mol. The van der Waals surface area contributed by atoms with Crippen molar-refractivity contribution in [2.45, 2.75) is 27.3 Å². The predicted octanol–water partition coefficient (Wildman–Crippen LogP) is 2.67. The van der Waals surface area contributed by atoms with E-state index in [9.17, 15) is 0 Å². The quantitative estimate of drug-likeness (QED) is 0.671. The summed E-state index contributed by atoms with van der Waals surface area (Å²) >= 11 is 0. The first kappa shape index (κ1) is 10.3. The molecule has 0 unspecified atom stereocenters. The second-order valence-corrected chi connectivity index (χ2v) is 4.03. The minimum Gasteiger partial charge on any atom is -0.305 e. The lowest BCUT2D eigenvalue weighted by Gasteiger charge is -2.15. The fraction of sp³-hybridized carbons (Fsp3) is 0.500. The van der Waals surface area contributed by atoms with E-state index in [1.165, 1.54) is 22.3 Å². The van der Waals surface area contributed by atoms with Crippen LogP contribution in [-0.4, -0.2) is 19.0 Å². The van der Waals surface area contributed by atoms with Crippen LogP contribution in [0.3, 0.4) is 0 Å². The summed E-state index contributed by atoms with van der Waals surface area (Å²) in [5.74, 6) is 0. The Balaban J connectivity index is 3.04. The fourth-order valence-electron chi connectivity index (χ4n) is 1.52. The number of aryl methyl sites for hydroxylation is 1. The lowest BCUT2D eigenvalue weighted by Crippen LogP contribution is -2.12. The maximum absolute atomic E-state index is 2.23. The van der Waals surface area contributed by atoms with Gasteiger partial charge in [0.05, 0.1) is 0 Å². The van der Waals surface area contributed by atoms with Crippen LogP contribution in [0.2, 0.25) is 0 Å². The second kappa shape index (κ2) is 3.93. The topological polar surface area (TPSA) is 3.24 Å². The van der Waals surface area contributed by atoms with Crippen LogP contribution in [0.4, 0.5) is 0 Å². The molecule has 1 rings (SSSR count). The fourth-order valence-corrected chi connectivity index (χ4v) is 1.52. The molecule has 0 aliphatic heterocycles. The summed E-state index contributed by atoms with van der Waals surface area (Å²) < 4.78 is 0. The van der Waals surface area contributed by atoms with Crippen molar-refractivity contribution in [2.24, 2.45) is 0 Å². The Hall–Kier alpha value is -0.820. The van der Waals surface area contributed by atoms with E-state index < -0.39 is 0 Å². The Morgan fingerprint density at radius 2 is 1.62 bits per heavy atom. The molecule has 0 spiro atoms. The van der Waals surface area contributed by atoms with E-state index in [2.05, 4.69) is 51.9 Å². The van der Waals surface area contributed by atoms with Gasteiger partial charge in [-0.15, -0.1) is 0 Å². The van der Waals surface area contributed by atoms with Crippen LogP contribution < -0.4 is 0 Å². The van der Waals surface area contributed by atoms with Gasteiger partial charge in [0.2, 0.25) is 0 Å². The lowest BCUT2D eigenvalue weighted by atomic mass is 9.99. The highest BCUT2D eigenvalue weighted by Crippen LogP contribution is 2.17. The molecule has 0 bridgehead atoms. The van der Waals surface area contributed by atoms with Crippen LogP contribution in [-0.2, 0) is 6.54 Å². The Morgan fingerprint density at radius 3 is 2.15 bits per heavy atom. The third-order valence-corrected chi connectivity index (χ3v) is 2.66. The summed E-state index contributed by atoms with van der Waals surface area (Å²) in [6.07, 6.45) is 0. The van der Waals surface area contributed by atoms with Crippen molar-refractivity contribution >= 4 is 0 Å². The van der Waals surface area contributed by atoms with Crippen molar-refractivity contribution in [3.63, 3.8) is 0 Å². The monoisotopic (exact) mass is 177 g/mol. The summed E-state index contributed by atoms with van der Waals surface area (Å²) in [5.41, 5.74) is 5.70. The van der Waals surface area contributed by atoms with Gasteiger partial charge in [0.15, 0.2) is 0 Å². The van der Waals surface area contributed by atoms with Gasteiger partial charge in [0.25, 0.3) is 0 Å². The van der Waals surface area contributed by atoms with E-state index in [1.807, 2.05) is 0 Å². The smallest absolute Gasteiger partial charge is 0.0230 e. The molecule has 1 nitrogen and oxygen atoms in total. The Bertz CT molecular complexity index is 300. The van der Waals surface area contributed by atoms with E-state index in [4.69, 9.17) is 0 Å². The molecule has 72 valence electrons. The second-order valence-electron chi connectivity index (χ2n) is 4.03. The Morgan fingerprint density at radius 1 is 1.00 bits per heavy atom. The molecule has 0 aromatic heterocycles. The summed E-state index contributed by atoms with van der Waals surface area (Å²) in [5, 5.41) is 0. The molecule has 0 heterocycles. The van der Waals surface area contributed by atoms with Crippen LogP contribution >= 0.6 is 0 Å². The zero-order chi connectivity index (χ0) is 10.0. The molecule has 0 fully saturated rings. The van der Waals surface area contributed by atoms with Gasteiger partial charge in [-0.05, 0) is 57.1 Å². The minimum atomic E-state index is 1.03. The van der Waals surface area contributed by atoms with Crippen LogP contribution in [0.25, 0.3) is 0 Å². The van der Waals surface area contributed by atoms with Crippen molar-refractivity contribution in [1.29, 1.82) is 0 Å². The number of rotatable bonds is 2. The molecule has 0 aliphatic rings. The van der Waals surface area contributed by atoms with Crippen LogP contribution in [0.5, 0.6) is 0 Å². The van der Waals surface area contributed by atoms with E-state index in [0.717, 1.165) is 6.54 Å². The lowest BCUT2D eigenvalue weighted by molar-refractivity contribution is 0.401. The molecular weight excluding hydrogens is 158 g/mol. The van der Waals surface area contributed by atoms with Crippen molar-refractivity contribution in [3.05, 3.63) is 34.4 Å². The Kier molecular flexibility index (Phi) is 3.10. The number of nitrogens with zero attached hydrogens (tertiary/aromatic N) is 1. The molecule has 1 aromatic rings.